The third-order valence-corrected chi connectivity index (χ3v) is 2.94. The molecule has 5 heteroatoms. The molecule has 0 saturated heterocycles. The SMILES string of the molecule is COC(=O)C(Br)CNCc1cnccc1C. The van der Waals surface area contributed by atoms with E-state index in [1.54, 1.807) is 6.20 Å². The number of esters is 1. The Morgan fingerprint density at radius 1 is 1.69 bits per heavy atom. The van der Waals surface area contributed by atoms with Crippen molar-refractivity contribution in [3.05, 3.63) is 29.6 Å². The van der Waals surface area contributed by atoms with Crippen molar-refractivity contribution in [2.75, 3.05) is 13.7 Å². The molecular formula is C11H15BrN2O2. The molecule has 1 rings (SSSR count). The highest BCUT2D eigenvalue weighted by molar-refractivity contribution is 9.10. The average Bonchev–Trinajstić information content (AvgIpc) is 2.30. The second kappa shape index (κ2) is 6.60. The highest BCUT2D eigenvalue weighted by Gasteiger charge is 2.14. The summed E-state index contributed by atoms with van der Waals surface area (Å²) < 4.78 is 4.60. The Hall–Kier alpha value is -0.940. The maximum atomic E-state index is 11.1. The molecular weight excluding hydrogens is 272 g/mol. The Labute approximate surface area is 104 Å². The molecule has 1 N–H and O–H groups in total. The topological polar surface area (TPSA) is 51.2 Å². The van der Waals surface area contributed by atoms with Gasteiger partial charge in [0.2, 0.25) is 0 Å². The van der Waals surface area contributed by atoms with Gasteiger partial charge >= 0.3 is 5.97 Å². The van der Waals surface area contributed by atoms with Crippen molar-refractivity contribution in [3.63, 3.8) is 0 Å². The van der Waals surface area contributed by atoms with Gasteiger partial charge in [-0.2, -0.15) is 0 Å². The largest absolute Gasteiger partial charge is 0.468 e. The predicted molar refractivity (Wildman–Crippen MR) is 65.4 cm³/mol. The number of nitrogens with one attached hydrogen (secondary N) is 1. The van der Waals surface area contributed by atoms with Gasteiger partial charge in [-0.3, -0.25) is 9.78 Å². The lowest BCUT2D eigenvalue weighted by molar-refractivity contribution is -0.139. The number of aromatic nitrogens is 1. The van der Waals surface area contributed by atoms with Crippen molar-refractivity contribution in [3.8, 4) is 0 Å². The first kappa shape index (κ1) is 13.1. The number of hydrogen-bond donors (Lipinski definition) is 1. The first-order valence-corrected chi connectivity index (χ1v) is 5.89. The minimum absolute atomic E-state index is 0.268. The van der Waals surface area contributed by atoms with Crippen molar-refractivity contribution in [2.45, 2.75) is 18.3 Å². The number of aryl methyl sites for hydroxylation is 1. The van der Waals surface area contributed by atoms with Gasteiger partial charge in [-0.15, -0.1) is 0 Å². The lowest BCUT2D eigenvalue weighted by Crippen LogP contribution is -2.29. The van der Waals surface area contributed by atoms with E-state index in [1.165, 1.54) is 12.7 Å². The van der Waals surface area contributed by atoms with E-state index in [0.717, 1.165) is 5.56 Å². The van der Waals surface area contributed by atoms with Gasteiger partial charge < -0.3 is 10.1 Å². The lowest BCUT2D eigenvalue weighted by atomic mass is 10.1. The van der Waals surface area contributed by atoms with Crippen LogP contribution < -0.4 is 5.32 Å². The van der Waals surface area contributed by atoms with Crippen LogP contribution in [-0.2, 0) is 16.1 Å². The molecule has 0 saturated carbocycles. The highest BCUT2D eigenvalue weighted by Crippen LogP contribution is 2.05. The van der Waals surface area contributed by atoms with Crippen LogP contribution in [0.1, 0.15) is 11.1 Å². The molecule has 1 aromatic heterocycles. The van der Waals surface area contributed by atoms with E-state index in [9.17, 15) is 4.79 Å². The summed E-state index contributed by atoms with van der Waals surface area (Å²) in [6.07, 6.45) is 3.59. The number of methoxy groups -OCH3 is 1. The summed E-state index contributed by atoms with van der Waals surface area (Å²) in [6, 6.07) is 1.96. The van der Waals surface area contributed by atoms with E-state index in [4.69, 9.17) is 0 Å². The number of halogens is 1. The fourth-order valence-electron chi connectivity index (χ4n) is 1.23. The normalized spacial score (nSPS) is 12.2. The van der Waals surface area contributed by atoms with Gasteiger partial charge in [0.05, 0.1) is 7.11 Å². The molecule has 0 aliphatic heterocycles. The Morgan fingerprint density at radius 2 is 2.44 bits per heavy atom. The van der Waals surface area contributed by atoms with E-state index in [2.05, 4.69) is 31.0 Å². The number of hydrogen-bond acceptors (Lipinski definition) is 4. The zero-order valence-electron chi connectivity index (χ0n) is 9.37. The summed E-state index contributed by atoms with van der Waals surface area (Å²) in [5.41, 5.74) is 2.32. The summed E-state index contributed by atoms with van der Waals surface area (Å²) in [5.74, 6) is -0.268. The molecule has 1 atom stereocenters. The minimum Gasteiger partial charge on any atom is -0.468 e. The molecule has 88 valence electrons. The molecule has 0 aromatic carbocycles. The standard InChI is InChI=1S/C11H15BrN2O2/c1-8-3-4-13-5-9(8)6-14-7-10(12)11(15)16-2/h3-5,10,14H,6-7H2,1-2H3. The van der Waals surface area contributed by atoms with Crippen LogP contribution >= 0.6 is 15.9 Å². The van der Waals surface area contributed by atoms with Crippen LogP contribution in [0.25, 0.3) is 0 Å². The van der Waals surface area contributed by atoms with E-state index < -0.39 is 0 Å². The first-order chi connectivity index (χ1) is 7.65. The molecule has 0 fully saturated rings. The lowest BCUT2D eigenvalue weighted by Gasteiger charge is -2.10. The van der Waals surface area contributed by atoms with Gasteiger partial charge in [-0.05, 0) is 24.1 Å². The van der Waals surface area contributed by atoms with Crippen molar-refractivity contribution in [1.82, 2.24) is 10.3 Å². The van der Waals surface area contributed by atoms with Crippen LogP contribution in [0.2, 0.25) is 0 Å². The molecule has 1 aromatic rings. The number of carbonyl (C=O) groups is 1. The fourth-order valence-corrected chi connectivity index (χ4v) is 1.64. The summed E-state index contributed by atoms with van der Waals surface area (Å²) >= 11 is 3.24. The van der Waals surface area contributed by atoms with E-state index in [1.807, 2.05) is 19.2 Å². The first-order valence-electron chi connectivity index (χ1n) is 4.97. The second-order valence-electron chi connectivity index (χ2n) is 3.42. The van der Waals surface area contributed by atoms with Crippen LogP contribution in [-0.4, -0.2) is 29.4 Å². The zero-order valence-corrected chi connectivity index (χ0v) is 11.0. The van der Waals surface area contributed by atoms with Crippen LogP contribution in [0.4, 0.5) is 0 Å². The van der Waals surface area contributed by atoms with Crippen LogP contribution in [0.5, 0.6) is 0 Å². The van der Waals surface area contributed by atoms with Gasteiger partial charge in [-0.1, -0.05) is 15.9 Å². The quantitative estimate of drug-likeness (QED) is 0.657. The zero-order chi connectivity index (χ0) is 12.0. The third kappa shape index (κ3) is 3.90. The Balaban J connectivity index is 2.36. The van der Waals surface area contributed by atoms with Gasteiger partial charge in [0.15, 0.2) is 0 Å². The van der Waals surface area contributed by atoms with Crippen molar-refractivity contribution in [2.24, 2.45) is 0 Å². The van der Waals surface area contributed by atoms with Crippen molar-refractivity contribution < 1.29 is 9.53 Å². The fraction of sp³-hybridized carbons (Fsp3) is 0.455. The summed E-state index contributed by atoms with van der Waals surface area (Å²) in [7, 11) is 1.38. The van der Waals surface area contributed by atoms with Gasteiger partial charge in [0, 0.05) is 25.5 Å². The van der Waals surface area contributed by atoms with Crippen LogP contribution in [0, 0.1) is 6.92 Å². The number of rotatable bonds is 5. The number of pyridine rings is 1. The number of nitrogens with zero attached hydrogens (tertiary/aromatic N) is 1. The molecule has 0 amide bonds. The monoisotopic (exact) mass is 286 g/mol. The average molecular weight is 287 g/mol. The third-order valence-electron chi connectivity index (χ3n) is 2.24. The van der Waals surface area contributed by atoms with Gasteiger partial charge in [0.1, 0.15) is 4.83 Å². The van der Waals surface area contributed by atoms with Crippen molar-refractivity contribution in [1.29, 1.82) is 0 Å². The van der Waals surface area contributed by atoms with E-state index in [0.29, 0.717) is 13.1 Å². The molecule has 16 heavy (non-hydrogen) atoms. The van der Waals surface area contributed by atoms with E-state index >= 15 is 0 Å². The second-order valence-corrected chi connectivity index (χ2v) is 4.53. The van der Waals surface area contributed by atoms with Gasteiger partial charge in [0.25, 0.3) is 0 Å². The number of carbonyl (C=O) groups excluding carboxylic acids is 1. The predicted octanol–water partition coefficient (Wildman–Crippen LogP) is 1.42. The molecule has 0 bridgehead atoms. The molecule has 4 nitrogen and oxygen atoms in total. The molecule has 1 unspecified atom stereocenters. The van der Waals surface area contributed by atoms with Gasteiger partial charge in [-0.25, -0.2) is 0 Å². The maximum Gasteiger partial charge on any atom is 0.320 e. The van der Waals surface area contributed by atoms with Crippen LogP contribution in [0.3, 0.4) is 0 Å². The number of alkyl halides is 1. The van der Waals surface area contributed by atoms with E-state index in [-0.39, 0.29) is 10.8 Å². The maximum absolute atomic E-state index is 11.1. The number of ether oxygens (including phenoxy) is 1. The molecule has 1 heterocycles. The Bertz CT molecular complexity index is 358. The molecule has 0 spiro atoms. The molecule has 0 aliphatic rings. The molecule has 0 aliphatic carbocycles. The van der Waals surface area contributed by atoms with Crippen molar-refractivity contribution >= 4 is 21.9 Å². The smallest absolute Gasteiger partial charge is 0.320 e. The summed E-state index contributed by atoms with van der Waals surface area (Å²) in [5, 5.41) is 3.17. The molecule has 0 radical (unpaired) electrons. The minimum atomic E-state index is -0.311. The Kier molecular flexibility index (Phi) is 5.42. The van der Waals surface area contributed by atoms with Crippen LogP contribution in [0.15, 0.2) is 18.5 Å². The highest BCUT2D eigenvalue weighted by atomic mass is 79.9. The summed E-state index contributed by atoms with van der Waals surface area (Å²) in [4.78, 5) is 14.8. The summed E-state index contributed by atoms with van der Waals surface area (Å²) in [6.45, 7) is 3.25. The Morgan fingerprint density at radius 3 is 3.06 bits per heavy atom.